The van der Waals surface area contributed by atoms with E-state index in [4.69, 9.17) is 0 Å². The van der Waals surface area contributed by atoms with Gasteiger partial charge in [-0.25, -0.2) is 0 Å². The van der Waals surface area contributed by atoms with E-state index in [2.05, 4.69) is 90.9 Å². The summed E-state index contributed by atoms with van der Waals surface area (Å²) >= 11 is 17.4. The summed E-state index contributed by atoms with van der Waals surface area (Å²) in [5.74, 6) is 8.57. The van der Waals surface area contributed by atoms with E-state index < -0.39 is 8.70 Å². The topological polar surface area (TPSA) is 0 Å². The molecule has 0 saturated carbocycles. The summed E-state index contributed by atoms with van der Waals surface area (Å²) in [7, 11) is 6.78. The summed E-state index contributed by atoms with van der Waals surface area (Å²) in [6.45, 7) is 0. The molecule has 0 unspecified atom stereocenters. The minimum atomic E-state index is -1.96. The van der Waals surface area contributed by atoms with Crippen LogP contribution in [-0.4, -0.2) is 54.7 Å². The zero-order chi connectivity index (χ0) is 13.0. The standard InChI is InChI=1S/C8H20GeS8/c10-1-5-14-9(15-6-2-11,16-7-3-12)17-8-4-13/h10-13H,1-8H2. The SMILES string of the molecule is SCC[S][Ge]([S]CCS)([S]CCS)[S]CCS. The fraction of sp³-hybridized carbons (Fsp3) is 1.00. The number of hydrogen-bond acceptors (Lipinski definition) is 8. The van der Waals surface area contributed by atoms with Crippen molar-refractivity contribution in [3.8, 4) is 0 Å². The molecule has 0 bridgehead atoms. The fourth-order valence-electron chi connectivity index (χ4n) is 0.933. The molecule has 0 spiro atoms. The molecule has 0 nitrogen and oxygen atoms in total. The van der Waals surface area contributed by atoms with Crippen LogP contribution in [0.2, 0.25) is 0 Å². The first-order chi connectivity index (χ1) is 8.24. The molecule has 17 heavy (non-hydrogen) atoms. The molecule has 0 amide bonds. The second kappa shape index (κ2) is 14.3. The van der Waals surface area contributed by atoms with Gasteiger partial charge in [-0.05, 0) is 0 Å². The van der Waals surface area contributed by atoms with Crippen LogP contribution < -0.4 is 0 Å². The van der Waals surface area contributed by atoms with Crippen LogP contribution in [0.5, 0.6) is 0 Å². The van der Waals surface area contributed by atoms with Gasteiger partial charge in [0, 0.05) is 0 Å². The van der Waals surface area contributed by atoms with Crippen molar-refractivity contribution in [2.24, 2.45) is 0 Å². The Morgan fingerprint density at radius 3 is 0.941 bits per heavy atom. The van der Waals surface area contributed by atoms with Crippen LogP contribution in [0.15, 0.2) is 0 Å². The first-order valence-electron chi connectivity index (χ1n) is 5.24. The van der Waals surface area contributed by atoms with Crippen molar-refractivity contribution in [3.05, 3.63) is 0 Å². The number of rotatable bonds is 12. The van der Waals surface area contributed by atoms with E-state index in [0.29, 0.717) is 0 Å². The normalized spacial score (nSPS) is 12.0. The van der Waals surface area contributed by atoms with E-state index in [-0.39, 0.29) is 0 Å². The summed E-state index contributed by atoms with van der Waals surface area (Å²) in [5, 5.41) is 0. The van der Waals surface area contributed by atoms with Crippen molar-refractivity contribution in [2.45, 2.75) is 0 Å². The third-order valence-corrected chi connectivity index (χ3v) is 42.7. The van der Waals surface area contributed by atoms with Gasteiger partial charge in [0.15, 0.2) is 0 Å². The van der Waals surface area contributed by atoms with Gasteiger partial charge >= 0.3 is 146 Å². The predicted octanol–water partition coefficient (Wildman–Crippen LogP) is 4.07. The molecule has 0 fully saturated rings. The van der Waals surface area contributed by atoms with Gasteiger partial charge in [0.2, 0.25) is 0 Å². The Kier molecular flexibility index (Phi) is 17.1. The first-order valence-corrected chi connectivity index (χ1v) is 22.0. The van der Waals surface area contributed by atoms with Crippen molar-refractivity contribution in [1.82, 2.24) is 0 Å². The summed E-state index contributed by atoms with van der Waals surface area (Å²) < 4.78 is 0. The van der Waals surface area contributed by atoms with E-state index in [1.807, 2.05) is 0 Å². The Bertz CT molecular complexity index is 132. The molecular weight excluding hydrogens is 425 g/mol. The third kappa shape index (κ3) is 10.7. The number of hydrogen-bond donors (Lipinski definition) is 4. The van der Waals surface area contributed by atoms with Crippen LogP contribution in [0.1, 0.15) is 0 Å². The zero-order valence-corrected chi connectivity index (χ0v) is 18.5. The molecule has 0 saturated heterocycles. The molecule has 0 aromatic carbocycles. The second-order valence-corrected chi connectivity index (χ2v) is 37.5. The molecular formula is C8H20GeS8. The van der Waals surface area contributed by atoms with Gasteiger partial charge in [0.25, 0.3) is 0 Å². The molecule has 0 rings (SSSR count). The molecule has 0 aromatic rings. The Morgan fingerprint density at radius 2 is 0.765 bits per heavy atom. The molecule has 0 aliphatic heterocycles. The van der Waals surface area contributed by atoms with Gasteiger partial charge in [0.05, 0.1) is 0 Å². The summed E-state index contributed by atoms with van der Waals surface area (Å²) in [4.78, 5) is 0. The predicted molar refractivity (Wildman–Crippen MR) is 111 cm³/mol. The first kappa shape index (κ1) is 20.3. The molecule has 104 valence electrons. The van der Waals surface area contributed by atoms with Crippen LogP contribution in [0.3, 0.4) is 0 Å². The van der Waals surface area contributed by atoms with Crippen LogP contribution >= 0.6 is 90.9 Å². The Labute approximate surface area is 144 Å². The molecule has 0 aliphatic carbocycles. The monoisotopic (exact) mass is 446 g/mol. The van der Waals surface area contributed by atoms with E-state index in [1.54, 1.807) is 0 Å². The van der Waals surface area contributed by atoms with Crippen molar-refractivity contribution in [1.29, 1.82) is 0 Å². The molecule has 0 aliphatic rings. The van der Waals surface area contributed by atoms with Gasteiger partial charge in [-0.1, -0.05) is 0 Å². The Hall–Kier alpha value is 3.34. The Balaban J connectivity index is 4.39. The van der Waals surface area contributed by atoms with Crippen LogP contribution in [0.4, 0.5) is 0 Å². The van der Waals surface area contributed by atoms with Crippen molar-refractivity contribution < 1.29 is 0 Å². The van der Waals surface area contributed by atoms with Crippen LogP contribution in [0.25, 0.3) is 0 Å². The van der Waals surface area contributed by atoms with Gasteiger partial charge in [-0.2, -0.15) is 0 Å². The molecule has 0 aromatic heterocycles. The van der Waals surface area contributed by atoms with Crippen molar-refractivity contribution in [2.75, 3.05) is 46.0 Å². The average Bonchev–Trinajstić information content (AvgIpc) is 2.37. The molecule has 0 radical (unpaired) electrons. The van der Waals surface area contributed by atoms with Gasteiger partial charge in [0.1, 0.15) is 0 Å². The minimum absolute atomic E-state index is 0.974. The summed E-state index contributed by atoms with van der Waals surface area (Å²) in [6.07, 6.45) is 0. The Morgan fingerprint density at radius 1 is 0.529 bits per heavy atom. The van der Waals surface area contributed by atoms with Gasteiger partial charge in [-0.3, -0.25) is 0 Å². The summed E-state index contributed by atoms with van der Waals surface area (Å²) in [5.41, 5.74) is 0. The molecule has 9 heteroatoms. The van der Waals surface area contributed by atoms with E-state index in [0.717, 1.165) is 23.0 Å². The maximum atomic E-state index is 4.34. The van der Waals surface area contributed by atoms with Crippen molar-refractivity contribution in [3.63, 3.8) is 0 Å². The van der Waals surface area contributed by atoms with Gasteiger partial charge in [-0.15, -0.1) is 0 Å². The maximum absolute atomic E-state index is 4.34. The average molecular weight is 445 g/mol. The molecule has 0 N–H and O–H groups in total. The molecule has 0 atom stereocenters. The van der Waals surface area contributed by atoms with E-state index >= 15 is 0 Å². The second-order valence-electron chi connectivity index (χ2n) is 2.79. The van der Waals surface area contributed by atoms with Crippen molar-refractivity contribution >= 4 is 99.6 Å². The molecule has 0 heterocycles. The van der Waals surface area contributed by atoms with E-state index in [1.165, 1.54) is 23.0 Å². The quantitative estimate of drug-likeness (QED) is 0.264. The van der Waals surface area contributed by atoms with Crippen LogP contribution in [0, 0.1) is 0 Å². The summed E-state index contributed by atoms with van der Waals surface area (Å²) in [6, 6.07) is 0. The fourth-order valence-corrected chi connectivity index (χ4v) is 43.6. The van der Waals surface area contributed by atoms with E-state index in [9.17, 15) is 0 Å². The number of thiol groups is 4. The zero-order valence-electron chi connectivity index (χ0n) is 9.58. The third-order valence-electron chi connectivity index (χ3n) is 1.48. The van der Waals surface area contributed by atoms with Crippen LogP contribution in [-0.2, 0) is 0 Å². The van der Waals surface area contributed by atoms with Gasteiger partial charge < -0.3 is 0 Å².